The number of carbonyl (C=O) groups excluding carboxylic acids is 2. The van der Waals surface area contributed by atoms with Gasteiger partial charge >= 0.3 is 0 Å². The molecule has 2 rings (SSSR count). The smallest absolute Gasteiger partial charge is 0.269 e. The second-order valence-electron chi connectivity index (χ2n) is 6.18. The van der Waals surface area contributed by atoms with E-state index in [1.165, 1.54) is 24.3 Å². The van der Waals surface area contributed by atoms with E-state index < -0.39 is 11.0 Å². The van der Waals surface area contributed by atoms with E-state index in [0.717, 1.165) is 0 Å². The highest BCUT2D eigenvalue weighted by atomic mass is 35.5. The van der Waals surface area contributed by atoms with Crippen LogP contribution in [-0.2, 0) is 9.59 Å². The molecule has 0 saturated carbocycles. The summed E-state index contributed by atoms with van der Waals surface area (Å²) in [6, 6.07) is 9.78. The Hall–Kier alpha value is -2.68. The first-order valence-electron chi connectivity index (χ1n) is 8.76. The fraction of sp³-hybridized carbons (Fsp3) is 0.263. The van der Waals surface area contributed by atoms with Crippen molar-refractivity contribution >= 4 is 52.1 Å². The average molecular weight is 439 g/mol. The molecule has 10 heteroatoms. The molecule has 29 heavy (non-hydrogen) atoms. The predicted octanol–water partition coefficient (Wildman–Crippen LogP) is 4.19. The van der Waals surface area contributed by atoms with Crippen LogP contribution in [0.2, 0.25) is 10.0 Å². The summed E-state index contributed by atoms with van der Waals surface area (Å²) >= 11 is 12.1. The molecule has 0 fully saturated rings. The maximum Gasteiger partial charge on any atom is 0.269 e. The molecule has 0 saturated heterocycles. The van der Waals surface area contributed by atoms with Gasteiger partial charge in [0, 0.05) is 17.8 Å². The lowest BCUT2D eigenvalue weighted by atomic mass is 10.2. The maximum atomic E-state index is 12.5. The van der Waals surface area contributed by atoms with Crippen LogP contribution >= 0.6 is 23.2 Å². The summed E-state index contributed by atoms with van der Waals surface area (Å²) in [5.41, 5.74) is 0.678. The first kappa shape index (κ1) is 22.6. The van der Waals surface area contributed by atoms with Gasteiger partial charge in [-0.15, -0.1) is 0 Å². The van der Waals surface area contributed by atoms with Gasteiger partial charge < -0.3 is 10.6 Å². The lowest BCUT2D eigenvalue weighted by molar-refractivity contribution is -0.384. The number of hydrogen-bond donors (Lipinski definition) is 2. The number of rotatable bonds is 8. The van der Waals surface area contributed by atoms with Crippen molar-refractivity contribution in [3.8, 4) is 0 Å². The lowest BCUT2D eigenvalue weighted by Crippen LogP contribution is -2.45. The second kappa shape index (κ2) is 10.2. The van der Waals surface area contributed by atoms with E-state index in [2.05, 4.69) is 10.6 Å². The molecule has 2 aromatic rings. The number of para-hydroxylation sites is 1. The summed E-state index contributed by atoms with van der Waals surface area (Å²) in [5, 5.41) is 16.7. The largest absolute Gasteiger partial charge is 0.325 e. The standard InChI is InChI=1S/C19H20Cl2N4O4/c1-3-24(11-17(26)23-18-15(20)5-4-6-16(18)21)12(2)19(27)22-13-7-9-14(10-8-13)25(28)29/h4-10,12H,3,11H2,1-2H3,(H,22,27)(H,23,26). The normalized spacial score (nSPS) is 11.8. The van der Waals surface area contributed by atoms with E-state index >= 15 is 0 Å². The molecule has 154 valence electrons. The monoisotopic (exact) mass is 438 g/mol. The quantitative estimate of drug-likeness (QED) is 0.474. The predicted molar refractivity (Wildman–Crippen MR) is 114 cm³/mol. The molecular weight excluding hydrogens is 419 g/mol. The zero-order chi connectivity index (χ0) is 21.6. The van der Waals surface area contributed by atoms with Crippen LogP contribution in [-0.4, -0.2) is 40.8 Å². The van der Waals surface area contributed by atoms with E-state index in [1.807, 2.05) is 6.92 Å². The molecule has 0 aliphatic heterocycles. The van der Waals surface area contributed by atoms with Gasteiger partial charge in [0.05, 0.1) is 33.2 Å². The van der Waals surface area contributed by atoms with Crippen LogP contribution in [0, 0.1) is 10.1 Å². The number of hydrogen-bond acceptors (Lipinski definition) is 5. The number of amides is 2. The number of nitrogens with zero attached hydrogens (tertiary/aromatic N) is 2. The van der Waals surface area contributed by atoms with E-state index in [9.17, 15) is 19.7 Å². The molecule has 2 aromatic carbocycles. The molecule has 0 radical (unpaired) electrons. The molecule has 0 heterocycles. The van der Waals surface area contributed by atoms with E-state index in [-0.39, 0.29) is 24.0 Å². The van der Waals surface area contributed by atoms with Crippen LogP contribution in [0.15, 0.2) is 42.5 Å². The number of halogens is 2. The summed E-state index contributed by atoms with van der Waals surface area (Å²) in [5.74, 6) is -0.707. The first-order chi connectivity index (χ1) is 13.7. The number of carbonyl (C=O) groups is 2. The van der Waals surface area contributed by atoms with E-state index in [1.54, 1.807) is 30.0 Å². The minimum atomic E-state index is -0.623. The molecule has 0 bridgehead atoms. The minimum absolute atomic E-state index is 0.0487. The van der Waals surface area contributed by atoms with Crippen molar-refractivity contribution in [2.24, 2.45) is 0 Å². The van der Waals surface area contributed by atoms with Crippen LogP contribution < -0.4 is 10.6 Å². The molecule has 2 N–H and O–H groups in total. The van der Waals surface area contributed by atoms with Crippen LogP contribution in [0.25, 0.3) is 0 Å². The van der Waals surface area contributed by atoms with Crippen molar-refractivity contribution in [1.82, 2.24) is 4.90 Å². The first-order valence-corrected chi connectivity index (χ1v) is 9.51. The summed E-state index contributed by atoms with van der Waals surface area (Å²) in [4.78, 5) is 36.8. The summed E-state index contributed by atoms with van der Waals surface area (Å²) in [6.07, 6.45) is 0. The van der Waals surface area contributed by atoms with Crippen LogP contribution in [0.4, 0.5) is 17.1 Å². The van der Waals surface area contributed by atoms with Gasteiger partial charge in [0.25, 0.3) is 5.69 Å². The molecule has 2 amide bonds. The Morgan fingerprint density at radius 2 is 1.69 bits per heavy atom. The fourth-order valence-corrected chi connectivity index (χ4v) is 3.07. The van der Waals surface area contributed by atoms with Gasteiger partial charge in [-0.25, -0.2) is 0 Å². The van der Waals surface area contributed by atoms with Gasteiger partial charge in [-0.2, -0.15) is 0 Å². The second-order valence-corrected chi connectivity index (χ2v) is 6.99. The van der Waals surface area contributed by atoms with Crippen molar-refractivity contribution in [3.05, 3.63) is 62.6 Å². The number of nitrogens with one attached hydrogen (secondary N) is 2. The van der Waals surface area contributed by atoms with Gasteiger partial charge in [-0.05, 0) is 37.7 Å². The van der Waals surface area contributed by atoms with Crippen molar-refractivity contribution in [2.45, 2.75) is 19.9 Å². The number of nitro benzene ring substituents is 1. The molecule has 1 atom stereocenters. The van der Waals surface area contributed by atoms with Gasteiger partial charge in [-0.1, -0.05) is 36.2 Å². The van der Waals surface area contributed by atoms with Crippen molar-refractivity contribution in [3.63, 3.8) is 0 Å². The molecule has 0 aromatic heterocycles. The zero-order valence-electron chi connectivity index (χ0n) is 15.8. The number of anilines is 2. The maximum absolute atomic E-state index is 12.5. The summed E-state index contributed by atoms with van der Waals surface area (Å²) in [7, 11) is 0. The Kier molecular flexibility index (Phi) is 7.95. The van der Waals surface area contributed by atoms with Crippen LogP contribution in [0.1, 0.15) is 13.8 Å². The molecular formula is C19H20Cl2N4O4. The highest BCUT2D eigenvalue weighted by Gasteiger charge is 2.23. The van der Waals surface area contributed by atoms with Gasteiger partial charge in [-0.3, -0.25) is 24.6 Å². The van der Waals surface area contributed by atoms with Gasteiger partial charge in [0.2, 0.25) is 11.8 Å². The third-order valence-corrected chi connectivity index (χ3v) is 4.88. The Morgan fingerprint density at radius 1 is 1.10 bits per heavy atom. The van der Waals surface area contributed by atoms with E-state index in [4.69, 9.17) is 23.2 Å². The molecule has 0 aliphatic carbocycles. The van der Waals surface area contributed by atoms with E-state index in [0.29, 0.717) is 28.0 Å². The Balaban J connectivity index is 1.99. The van der Waals surface area contributed by atoms with Gasteiger partial charge in [0.15, 0.2) is 0 Å². The molecule has 0 aliphatic rings. The van der Waals surface area contributed by atoms with Crippen LogP contribution in [0.5, 0.6) is 0 Å². The topological polar surface area (TPSA) is 105 Å². The Bertz CT molecular complexity index is 885. The fourth-order valence-electron chi connectivity index (χ4n) is 2.58. The SMILES string of the molecule is CCN(CC(=O)Nc1c(Cl)cccc1Cl)C(C)C(=O)Nc1ccc([N+](=O)[O-])cc1. The molecule has 8 nitrogen and oxygen atoms in total. The Labute approximate surface area is 177 Å². The third kappa shape index (κ3) is 6.15. The third-order valence-electron chi connectivity index (χ3n) is 4.25. The van der Waals surface area contributed by atoms with Gasteiger partial charge in [0.1, 0.15) is 0 Å². The van der Waals surface area contributed by atoms with Crippen molar-refractivity contribution in [2.75, 3.05) is 23.7 Å². The molecule has 0 spiro atoms. The van der Waals surface area contributed by atoms with Crippen LogP contribution in [0.3, 0.4) is 0 Å². The number of nitro groups is 1. The highest BCUT2D eigenvalue weighted by Crippen LogP contribution is 2.29. The Morgan fingerprint density at radius 3 is 2.21 bits per heavy atom. The number of likely N-dealkylation sites (N-methyl/N-ethyl adjacent to an activating group) is 1. The zero-order valence-corrected chi connectivity index (χ0v) is 17.3. The average Bonchev–Trinajstić information content (AvgIpc) is 2.69. The summed E-state index contributed by atoms with van der Waals surface area (Å²) < 4.78 is 0. The van der Waals surface area contributed by atoms with Crippen molar-refractivity contribution < 1.29 is 14.5 Å². The highest BCUT2D eigenvalue weighted by molar-refractivity contribution is 6.39. The lowest BCUT2D eigenvalue weighted by Gasteiger charge is -2.26. The summed E-state index contributed by atoms with van der Waals surface area (Å²) in [6.45, 7) is 3.89. The number of non-ortho nitro benzene ring substituents is 1. The minimum Gasteiger partial charge on any atom is -0.325 e. The number of benzene rings is 2. The molecule has 1 unspecified atom stereocenters. The van der Waals surface area contributed by atoms with Crippen molar-refractivity contribution in [1.29, 1.82) is 0 Å².